The van der Waals surface area contributed by atoms with Crippen molar-refractivity contribution in [2.24, 2.45) is 5.84 Å². The van der Waals surface area contributed by atoms with Gasteiger partial charge in [0.05, 0.1) is 6.20 Å². The van der Waals surface area contributed by atoms with Gasteiger partial charge in [0.25, 0.3) is 5.88 Å². The monoisotopic (exact) mass is 240 g/mol. The Labute approximate surface area is 95.1 Å². The number of halogens is 1. The lowest BCUT2D eigenvalue weighted by Crippen LogP contribution is -2.11. The van der Waals surface area contributed by atoms with E-state index in [-0.39, 0.29) is 18.4 Å². The quantitative estimate of drug-likeness (QED) is 0.626. The van der Waals surface area contributed by atoms with Crippen LogP contribution in [0.5, 0.6) is 5.88 Å². The smallest absolute Gasteiger partial charge is 0.255 e. The van der Waals surface area contributed by atoms with Crippen molar-refractivity contribution in [2.75, 3.05) is 5.43 Å². The third-order valence-electron chi connectivity index (χ3n) is 1.77. The Morgan fingerprint density at radius 3 is 3.12 bits per heavy atom. The average molecular weight is 240 g/mol. The lowest BCUT2D eigenvalue weighted by molar-refractivity contribution is 0.279. The van der Waals surface area contributed by atoms with Crippen LogP contribution in [-0.2, 0) is 6.61 Å². The van der Waals surface area contributed by atoms with Crippen LogP contribution in [0.15, 0.2) is 23.7 Å². The minimum Gasteiger partial charge on any atom is -0.470 e. The van der Waals surface area contributed by atoms with E-state index in [4.69, 9.17) is 10.6 Å². The van der Waals surface area contributed by atoms with E-state index < -0.39 is 5.82 Å². The van der Waals surface area contributed by atoms with Gasteiger partial charge >= 0.3 is 0 Å². The van der Waals surface area contributed by atoms with Crippen molar-refractivity contribution in [3.8, 4) is 5.88 Å². The SMILES string of the molecule is NNc1ncc(F)c(OCc2cccs2)n1. The molecule has 0 amide bonds. The van der Waals surface area contributed by atoms with Crippen molar-refractivity contribution in [3.63, 3.8) is 0 Å². The van der Waals surface area contributed by atoms with Crippen LogP contribution in [0.1, 0.15) is 4.88 Å². The zero-order chi connectivity index (χ0) is 11.4. The molecule has 5 nitrogen and oxygen atoms in total. The largest absolute Gasteiger partial charge is 0.470 e. The fourth-order valence-electron chi connectivity index (χ4n) is 1.06. The van der Waals surface area contributed by atoms with Crippen molar-refractivity contribution in [1.29, 1.82) is 0 Å². The fraction of sp³-hybridized carbons (Fsp3) is 0.111. The standard InChI is InChI=1S/C9H9FN4OS/c10-7-4-12-9(14-11)13-8(7)15-5-6-2-1-3-16-6/h1-4H,5,11H2,(H,12,13,14). The Bertz CT molecular complexity index is 463. The molecule has 0 bridgehead atoms. The predicted molar refractivity (Wildman–Crippen MR) is 58.5 cm³/mol. The van der Waals surface area contributed by atoms with Crippen molar-refractivity contribution >= 4 is 17.3 Å². The number of hydrogen-bond donors (Lipinski definition) is 2. The average Bonchev–Trinajstić information content (AvgIpc) is 2.81. The highest BCUT2D eigenvalue weighted by atomic mass is 32.1. The molecule has 0 aliphatic carbocycles. The van der Waals surface area contributed by atoms with Gasteiger partial charge in [-0.15, -0.1) is 11.3 Å². The van der Waals surface area contributed by atoms with Crippen molar-refractivity contribution < 1.29 is 9.13 Å². The number of hydrazine groups is 1. The second-order valence-corrected chi connectivity index (χ2v) is 3.89. The molecule has 2 aromatic heterocycles. The van der Waals surface area contributed by atoms with E-state index in [1.54, 1.807) is 0 Å². The van der Waals surface area contributed by atoms with E-state index in [2.05, 4.69) is 15.4 Å². The highest BCUT2D eigenvalue weighted by Gasteiger charge is 2.08. The summed E-state index contributed by atoms with van der Waals surface area (Å²) in [4.78, 5) is 8.34. The normalized spacial score (nSPS) is 10.1. The first-order valence-electron chi connectivity index (χ1n) is 4.44. The first-order valence-corrected chi connectivity index (χ1v) is 5.32. The Kier molecular flexibility index (Phi) is 3.28. The summed E-state index contributed by atoms with van der Waals surface area (Å²) in [5.41, 5.74) is 2.22. The molecule has 0 spiro atoms. The molecule has 3 N–H and O–H groups in total. The summed E-state index contributed by atoms with van der Waals surface area (Å²) >= 11 is 1.53. The predicted octanol–water partition coefficient (Wildman–Crippen LogP) is 1.54. The zero-order valence-corrected chi connectivity index (χ0v) is 9.00. The van der Waals surface area contributed by atoms with Crippen molar-refractivity contribution in [2.45, 2.75) is 6.61 Å². The maximum absolute atomic E-state index is 13.2. The third kappa shape index (κ3) is 2.44. The molecule has 0 aromatic carbocycles. The van der Waals surface area contributed by atoms with E-state index in [1.165, 1.54) is 11.3 Å². The molecule has 2 heterocycles. The van der Waals surface area contributed by atoms with Crippen LogP contribution in [0.3, 0.4) is 0 Å². The molecule has 0 saturated carbocycles. The van der Waals surface area contributed by atoms with Crippen LogP contribution in [0, 0.1) is 5.82 Å². The van der Waals surface area contributed by atoms with Gasteiger partial charge in [-0.25, -0.2) is 10.8 Å². The van der Waals surface area contributed by atoms with Crippen LogP contribution >= 0.6 is 11.3 Å². The highest BCUT2D eigenvalue weighted by molar-refractivity contribution is 7.09. The molecule has 0 unspecified atom stereocenters. The van der Waals surface area contributed by atoms with E-state index >= 15 is 0 Å². The molecule has 2 rings (SSSR count). The van der Waals surface area contributed by atoms with Gasteiger partial charge in [0.15, 0.2) is 0 Å². The Morgan fingerprint density at radius 2 is 2.44 bits per heavy atom. The molecular formula is C9H9FN4OS. The molecule has 0 saturated heterocycles. The first kappa shape index (κ1) is 10.8. The van der Waals surface area contributed by atoms with E-state index in [0.29, 0.717) is 0 Å². The summed E-state index contributed by atoms with van der Waals surface area (Å²) in [5, 5.41) is 1.92. The second kappa shape index (κ2) is 4.86. The van der Waals surface area contributed by atoms with Gasteiger partial charge < -0.3 is 4.74 Å². The summed E-state index contributed by atoms with van der Waals surface area (Å²) < 4.78 is 18.4. The molecule has 0 atom stereocenters. The van der Waals surface area contributed by atoms with Crippen LogP contribution in [-0.4, -0.2) is 9.97 Å². The van der Waals surface area contributed by atoms with Gasteiger partial charge in [0.1, 0.15) is 6.61 Å². The van der Waals surface area contributed by atoms with E-state index in [9.17, 15) is 4.39 Å². The first-order chi connectivity index (χ1) is 7.79. The van der Waals surface area contributed by atoms with Gasteiger partial charge in [-0.05, 0) is 11.4 Å². The Balaban J connectivity index is 2.08. The van der Waals surface area contributed by atoms with E-state index in [1.807, 2.05) is 17.5 Å². The maximum atomic E-state index is 13.2. The van der Waals surface area contributed by atoms with Gasteiger partial charge in [0.2, 0.25) is 11.8 Å². The lowest BCUT2D eigenvalue weighted by Gasteiger charge is -2.05. The van der Waals surface area contributed by atoms with Crippen molar-refractivity contribution in [1.82, 2.24) is 9.97 Å². The molecule has 0 aliphatic rings. The Hall–Kier alpha value is -1.73. The van der Waals surface area contributed by atoms with Crippen LogP contribution in [0.4, 0.5) is 10.3 Å². The van der Waals surface area contributed by atoms with Crippen LogP contribution < -0.4 is 16.0 Å². The molecular weight excluding hydrogens is 231 g/mol. The molecule has 0 fully saturated rings. The molecule has 84 valence electrons. The van der Waals surface area contributed by atoms with Gasteiger partial charge in [-0.1, -0.05) is 6.07 Å². The number of hydrogen-bond acceptors (Lipinski definition) is 6. The number of thiophene rings is 1. The topological polar surface area (TPSA) is 73.1 Å². The summed E-state index contributed by atoms with van der Waals surface area (Å²) in [6.07, 6.45) is 1.01. The Morgan fingerprint density at radius 1 is 1.56 bits per heavy atom. The van der Waals surface area contributed by atoms with Gasteiger partial charge in [-0.2, -0.15) is 9.37 Å². The summed E-state index contributed by atoms with van der Waals surface area (Å²) in [6.45, 7) is 0.273. The number of nitrogen functional groups attached to an aromatic ring is 1. The number of anilines is 1. The minimum atomic E-state index is -0.615. The summed E-state index contributed by atoms with van der Waals surface area (Å²) in [7, 11) is 0. The van der Waals surface area contributed by atoms with Gasteiger partial charge in [0, 0.05) is 4.88 Å². The molecule has 0 aliphatic heterocycles. The number of nitrogens with two attached hydrogens (primary N) is 1. The van der Waals surface area contributed by atoms with E-state index in [0.717, 1.165) is 11.1 Å². The fourth-order valence-corrected chi connectivity index (χ4v) is 1.67. The minimum absolute atomic E-state index is 0.113. The maximum Gasteiger partial charge on any atom is 0.255 e. The number of aromatic nitrogens is 2. The van der Waals surface area contributed by atoms with Crippen LogP contribution in [0.25, 0.3) is 0 Å². The number of ether oxygens (including phenoxy) is 1. The molecule has 16 heavy (non-hydrogen) atoms. The summed E-state index contributed by atoms with van der Waals surface area (Å²) in [6, 6.07) is 3.79. The van der Waals surface area contributed by atoms with Gasteiger partial charge in [-0.3, -0.25) is 5.43 Å². The lowest BCUT2D eigenvalue weighted by atomic mass is 10.5. The number of rotatable bonds is 4. The third-order valence-corrected chi connectivity index (χ3v) is 2.62. The number of nitrogens with zero attached hydrogens (tertiary/aromatic N) is 2. The second-order valence-electron chi connectivity index (χ2n) is 2.86. The zero-order valence-electron chi connectivity index (χ0n) is 8.18. The summed E-state index contributed by atoms with van der Waals surface area (Å²) in [5.74, 6) is 4.49. The highest BCUT2D eigenvalue weighted by Crippen LogP contribution is 2.17. The van der Waals surface area contributed by atoms with Crippen LogP contribution in [0.2, 0.25) is 0 Å². The van der Waals surface area contributed by atoms with Crippen molar-refractivity contribution in [3.05, 3.63) is 34.4 Å². The molecule has 2 aromatic rings. The molecule has 7 heteroatoms. The number of nitrogens with one attached hydrogen (secondary N) is 1. The molecule has 0 radical (unpaired) electrons.